The van der Waals surface area contributed by atoms with Crippen molar-refractivity contribution in [2.75, 3.05) is 19.8 Å². The van der Waals surface area contributed by atoms with Gasteiger partial charge in [0.25, 0.3) is 0 Å². The normalized spacial score (nSPS) is 19.9. The molecular weight excluding hydrogens is 382 g/mol. The SMILES string of the molecule is CC1=CN(C)C(C)(SCC(=O)CC(CC=O)Oc2ccccc2[N+](=O)[O-])N1C. The van der Waals surface area contributed by atoms with Gasteiger partial charge in [-0.15, -0.1) is 11.8 Å². The highest BCUT2D eigenvalue weighted by atomic mass is 32.2. The van der Waals surface area contributed by atoms with Crippen LogP contribution >= 0.6 is 11.8 Å². The number of thioether (sulfide) groups is 1. The summed E-state index contributed by atoms with van der Waals surface area (Å²) in [5, 5.41) is 11.1. The highest BCUT2D eigenvalue weighted by molar-refractivity contribution is 8.01. The standard InChI is InChI=1S/C19H25N3O5S/c1-14-12-20(3)19(2,21(14)4)28-13-15(24)11-16(9-10-23)27-18-8-6-5-7-17(18)22(25)26/h5-8,10,12,16H,9,11,13H2,1-4H3. The molecule has 1 aliphatic rings. The Morgan fingerprint density at radius 1 is 1.39 bits per heavy atom. The first-order valence-corrected chi connectivity index (χ1v) is 9.82. The number of benzene rings is 1. The topological polar surface area (TPSA) is 93.0 Å². The number of hydrogen-bond acceptors (Lipinski definition) is 8. The van der Waals surface area contributed by atoms with Crippen LogP contribution in [0, 0.1) is 10.1 Å². The summed E-state index contributed by atoms with van der Waals surface area (Å²) < 4.78 is 5.64. The first kappa shape index (κ1) is 21.7. The molecule has 0 bridgehead atoms. The van der Waals surface area contributed by atoms with Crippen LogP contribution in [0.15, 0.2) is 36.2 Å². The third kappa shape index (κ3) is 4.83. The number of para-hydroxylation sites is 2. The van der Waals surface area contributed by atoms with Gasteiger partial charge in [0.05, 0.1) is 10.7 Å². The summed E-state index contributed by atoms with van der Waals surface area (Å²) in [4.78, 5) is 37.9. The van der Waals surface area contributed by atoms with Crippen LogP contribution in [-0.2, 0) is 9.59 Å². The molecule has 0 N–H and O–H groups in total. The maximum absolute atomic E-state index is 12.5. The molecule has 0 aromatic heterocycles. The van der Waals surface area contributed by atoms with Crippen molar-refractivity contribution >= 4 is 29.5 Å². The molecule has 2 rings (SSSR count). The number of carbonyl (C=O) groups is 2. The second kappa shape index (κ2) is 9.09. The van der Waals surface area contributed by atoms with E-state index in [1.54, 1.807) is 6.07 Å². The number of carbonyl (C=O) groups excluding carboxylic acids is 2. The molecule has 28 heavy (non-hydrogen) atoms. The molecule has 1 aliphatic heterocycles. The Kier molecular flexibility index (Phi) is 7.06. The van der Waals surface area contributed by atoms with Crippen molar-refractivity contribution in [3.05, 3.63) is 46.3 Å². The molecule has 9 heteroatoms. The minimum absolute atomic E-state index is 0.00765. The minimum atomic E-state index is -0.738. The molecule has 0 spiro atoms. The van der Waals surface area contributed by atoms with Crippen LogP contribution in [-0.4, -0.2) is 57.7 Å². The van der Waals surface area contributed by atoms with E-state index in [1.807, 2.05) is 39.0 Å². The van der Waals surface area contributed by atoms with Crippen molar-refractivity contribution in [1.82, 2.24) is 9.80 Å². The predicted octanol–water partition coefficient (Wildman–Crippen LogP) is 3.04. The Morgan fingerprint density at radius 3 is 2.64 bits per heavy atom. The highest BCUT2D eigenvalue weighted by Gasteiger charge is 2.38. The number of ether oxygens (including phenoxy) is 1. The van der Waals surface area contributed by atoms with Crippen molar-refractivity contribution in [1.29, 1.82) is 0 Å². The highest BCUT2D eigenvalue weighted by Crippen LogP contribution is 2.38. The van der Waals surface area contributed by atoms with Crippen LogP contribution in [0.3, 0.4) is 0 Å². The summed E-state index contributed by atoms with van der Waals surface area (Å²) in [5.74, 6) is 0.215. The van der Waals surface area contributed by atoms with E-state index in [1.165, 1.54) is 30.0 Å². The van der Waals surface area contributed by atoms with Crippen LogP contribution in [0.2, 0.25) is 0 Å². The van der Waals surface area contributed by atoms with Crippen LogP contribution in [0.25, 0.3) is 0 Å². The lowest BCUT2D eigenvalue weighted by atomic mass is 10.1. The third-order valence-electron chi connectivity index (χ3n) is 4.86. The number of allylic oxidation sites excluding steroid dienone is 1. The van der Waals surface area contributed by atoms with Crippen molar-refractivity contribution < 1.29 is 19.2 Å². The molecule has 2 atom stereocenters. The van der Waals surface area contributed by atoms with Crippen LogP contribution in [0.1, 0.15) is 26.7 Å². The van der Waals surface area contributed by atoms with Gasteiger partial charge in [-0.2, -0.15) is 0 Å². The number of nitro groups is 1. The molecule has 0 fully saturated rings. The number of nitrogens with zero attached hydrogens (tertiary/aromatic N) is 3. The number of ketones is 1. The maximum Gasteiger partial charge on any atom is 0.310 e. The third-order valence-corrected chi connectivity index (χ3v) is 6.44. The Morgan fingerprint density at radius 2 is 2.07 bits per heavy atom. The monoisotopic (exact) mass is 407 g/mol. The van der Waals surface area contributed by atoms with Gasteiger partial charge in [0.2, 0.25) is 0 Å². The van der Waals surface area contributed by atoms with E-state index in [0.717, 1.165) is 5.70 Å². The van der Waals surface area contributed by atoms with Gasteiger partial charge in [0.15, 0.2) is 10.7 Å². The van der Waals surface area contributed by atoms with Gasteiger partial charge >= 0.3 is 5.69 Å². The number of Topliss-reactive ketones (excluding diaryl/α,β-unsaturated/α-hetero) is 1. The average molecular weight is 407 g/mol. The molecule has 2 unspecified atom stereocenters. The first-order chi connectivity index (χ1) is 13.2. The number of nitro benzene ring substituents is 1. The molecule has 1 aromatic rings. The van der Waals surface area contributed by atoms with E-state index < -0.39 is 11.0 Å². The van der Waals surface area contributed by atoms with Crippen molar-refractivity contribution in [2.45, 2.75) is 37.8 Å². The first-order valence-electron chi connectivity index (χ1n) is 8.83. The Balaban J connectivity index is 2.00. The molecule has 1 aromatic carbocycles. The van der Waals surface area contributed by atoms with E-state index in [9.17, 15) is 19.7 Å². The van der Waals surface area contributed by atoms with Crippen molar-refractivity contribution in [3.63, 3.8) is 0 Å². The van der Waals surface area contributed by atoms with E-state index in [-0.39, 0.29) is 40.8 Å². The van der Waals surface area contributed by atoms with Crippen LogP contribution < -0.4 is 4.74 Å². The Labute approximate surface area is 168 Å². The Hall–Kier alpha value is -2.55. The van der Waals surface area contributed by atoms with E-state index >= 15 is 0 Å². The number of rotatable bonds is 10. The zero-order valence-electron chi connectivity index (χ0n) is 16.5. The predicted molar refractivity (Wildman–Crippen MR) is 108 cm³/mol. The number of aldehydes is 1. The lowest BCUT2D eigenvalue weighted by Gasteiger charge is -2.39. The summed E-state index contributed by atoms with van der Waals surface area (Å²) in [5.41, 5.74) is 0.909. The zero-order valence-corrected chi connectivity index (χ0v) is 17.3. The molecule has 0 amide bonds. The average Bonchev–Trinajstić information content (AvgIpc) is 2.83. The van der Waals surface area contributed by atoms with Crippen LogP contribution in [0.5, 0.6) is 5.75 Å². The summed E-state index contributed by atoms with van der Waals surface area (Å²) in [6, 6.07) is 5.94. The van der Waals surface area contributed by atoms with Gasteiger partial charge < -0.3 is 19.3 Å². The molecule has 0 aliphatic carbocycles. The molecule has 0 radical (unpaired) electrons. The largest absolute Gasteiger partial charge is 0.483 e. The molecule has 0 saturated carbocycles. The summed E-state index contributed by atoms with van der Waals surface area (Å²) >= 11 is 1.49. The van der Waals surface area contributed by atoms with E-state index in [0.29, 0.717) is 6.29 Å². The van der Waals surface area contributed by atoms with Gasteiger partial charge in [0, 0.05) is 44.9 Å². The molecule has 152 valence electrons. The fourth-order valence-corrected chi connectivity index (χ4v) is 4.09. The smallest absolute Gasteiger partial charge is 0.310 e. The van der Waals surface area contributed by atoms with Gasteiger partial charge in [-0.1, -0.05) is 12.1 Å². The molecule has 0 saturated heterocycles. The van der Waals surface area contributed by atoms with Crippen LogP contribution in [0.4, 0.5) is 5.69 Å². The second-order valence-electron chi connectivity index (χ2n) is 6.77. The fourth-order valence-electron chi connectivity index (χ4n) is 2.95. The van der Waals surface area contributed by atoms with Gasteiger partial charge in [-0.05, 0) is 19.9 Å². The lowest BCUT2D eigenvalue weighted by Crippen LogP contribution is -2.46. The summed E-state index contributed by atoms with van der Waals surface area (Å²) in [6.07, 6.45) is 1.93. The Bertz CT molecular complexity index is 785. The number of hydrogen-bond donors (Lipinski definition) is 0. The summed E-state index contributed by atoms with van der Waals surface area (Å²) in [7, 11) is 3.93. The summed E-state index contributed by atoms with van der Waals surface area (Å²) in [6.45, 7) is 4.04. The van der Waals surface area contributed by atoms with Crippen molar-refractivity contribution in [2.24, 2.45) is 0 Å². The van der Waals surface area contributed by atoms with Crippen molar-refractivity contribution in [3.8, 4) is 5.75 Å². The van der Waals surface area contributed by atoms with E-state index in [4.69, 9.17) is 4.74 Å². The molecule has 1 heterocycles. The quantitative estimate of drug-likeness (QED) is 0.332. The molecule has 8 nitrogen and oxygen atoms in total. The van der Waals surface area contributed by atoms with E-state index in [2.05, 4.69) is 4.90 Å². The van der Waals surface area contributed by atoms with Gasteiger partial charge in [-0.25, -0.2) is 0 Å². The lowest BCUT2D eigenvalue weighted by molar-refractivity contribution is -0.386. The maximum atomic E-state index is 12.5. The zero-order chi connectivity index (χ0) is 20.9. The second-order valence-corrected chi connectivity index (χ2v) is 8.12. The molecular formula is C19H25N3O5S. The fraction of sp³-hybridized carbons (Fsp3) is 0.474. The van der Waals surface area contributed by atoms with Gasteiger partial charge in [-0.3, -0.25) is 14.9 Å². The van der Waals surface area contributed by atoms with Gasteiger partial charge in [0.1, 0.15) is 18.2 Å². The minimum Gasteiger partial charge on any atom is -0.483 e.